The van der Waals surface area contributed by atoms with Crippen molar-refractivity contribution in [2.45, 2.75) is 31.5 Å². The van der Waals surface area contributed by atoms with E-state index in [2.05, 4.69) is 28.2 Å². The van der Waals surface area contributed by atoms with Gasteiger partial charge in [-0.05, 0) is 36.4 Å². The number of carbonyl (C=O) groups excluding carboxylic acids is 1. The van der Waals surface area contributed by atoms with Crippen molar-refractivity contribution in [2.24, 2.45) is 0 Å². The van der Waals surface area contributed by atoms with E-state index in [0.29, 0.717) is 11.6 Å². The van der Waals surface area contributed by atoms with Gasteiger partial charge in [0.1, 0.15) is 11.4 Å². The summed E-state index contributed by atoms with van der Waals surface area (Å²) in [6.07, 6.45) is 1.71. The fourth-order valence-electron chi connectivity index (χ4n) is 4.33. The van der Waals surface area contributed by atoms with E-state index >= 15 is 0 Å². The minimum atomic E-state index is -4.32. The number of nitrogens with zero attached hydrogens (tertiary/aromatic N) is 5. The normalized spacial score (nSPS) is 15.1. The maximum atomic E-state index is 12.4. The lowest BCUT2D eigenvalue weighted by Gasteiger charge is -2.36. The van der Waals surface area contributed by atoms with E-state index in [0.717, 1.165) is 41.1 Å². The van der Waals surface area contributed by atoms with E-state index in [9.17, 15) is 18.0 Å². The summed E-state index contributed by atoms with van der Waals surface area (Å²) in [6.45, 7) is 1.99. The monoisotopic (exact) mass is 467 g/mol. The number of halogens is 3. The molecule has 1 fully saturated rings. The average Bonchev–Trinajstić information content (AvgIpc) is 3.42. The molecule has 0 bridgehead atoms. The van der Waals surface area contributed by atoms with Gasteiger partial charge in [0.15, 0.2) is 0 Å². The fourth-order valence-corrected chi connectivity index (χ4v) is 4.33. The molecule has 0 radical (unpaired) electrons. The molecule has 6 nitrogen and oxygen atoms in total. The standard InChI is InChI=1S/C25H24F3N5O/c1-31-15-21(16-31)33-14-20(12-30-33)18-6-8-32-23(13-29-24(32)11-18)19-4-2-3-17(9-19)10-22(34)5-7-25(26,27)28/h2-4,6,8-9,11-14,21H,5,7,10,15-16H2,1H3. The highest BCUT2D eigenvalue weighted by Crippen LogP contribution is 2.28. The second-order valence-electron chi connectivity index (χ2n) is 8.90. The lowest BCUT2D eigenvalue weighted by molar-refractivity contribution is -0.143. The van der Waals surface area contributed by atoms with Gasteiger partial charge in [0.2, 0.25) is 0 Å². The van der Waals surface area contributed by atoms with Gasteiger partial charge in [-0.15, -0.1) is 0 Å². The Kier molecular flexibility index (Phi) is 5.73. The number of Topliss-reactive ketones (excluding diaryl/α,β-unsaturated/α-hetero) is 1. The number of imidazole rings is 1. The molecule has 0 N–H and O–H groups in total. The first-order valence-corrected chi connectivity index (χ1v) is 11.1. The number of likely N-dealkylation sites (tertiary alicyclic amines) is 1. The van der Waals surface area contributed by atoms with Gasteiger partial charge in [-0.25, -0.2) is 4.98 Å². The number of carbonyl (C=O) groups is 1. The lowest BCUT2D eigenvalue weighted by atomic mass is 10.0. The summed E-state index contributed by atoms with van der Waals surface area (Å²) in [5.74, 6) is -0.425. The Labute approximate surface area is 194 Å². The summed E-state index contributed by atoms with van der Waals surface area (Å²) in [5.41, 5.74) is 5.21. The molecule has 4 heterocycles. The Morgan fingerprint density at radius 3 is 2.68 bits per heavy atom. The number of ketones is 1. The summed E-state index contributed by atoms with van der Waals surface area (Å²) in [4.78, 5) is 18.8. The van der Waals surface area contributed by atoms with Crippen molar-refractivity contribution < 1.29 is 18.0 Å². The third-order valence-corrected chi connectivity index (χ3v) is 6.18. The molecule has 1 saturated heterocycles. The zero-order valence-corrected chi connectivity index (χ0v) is 18.7. The van der Waals surface area contributed by atoms with Gasteiger partial charge < -0.3 is 4.90 Å². The molecular formula is C25H24F3N5O. The number of benzene rings is 1. The molecule has 1 aliphatic heterocycles. The number of hydrogen-bond acceptors (Lipinski definition) is 4. The van der Waals surface area contributed by atoms with Crippen LogP contribution >= 0.6 is 0 Å². The van der Waals surface area contributed by atoms with Crippen molar-refractivity contribution >= 4 is 11.4 Å². The van der Waals surface area contributed by atoms with E-state index < -0.39 is 24.8 Å². The molecule has 34 heavy (non-hydrogen) atoms. The van der Waals surface area contributed by atoms with Crippen molar-refractivity contribution in [3.05, 3.63) is 66.7 Å². The molecule has 176 valence electrons. The molecule has 4 aromatic rings. The predicted octanol–water partition coefficient (Wildman–Crippen LogP) is 4.81. The molecule has 9 heteroatoms. The number of rotatable bonds is 7. The van der Waals surface area contributed by atoms with Crippen LogP contribution in [0.15, 0.2) is 61.2 Å². The van der Waals surface area contributed by atoms with E-state index in [1.54, 1.807) is 12.3 Å². The fraction of sp³-hybridized carbons (Fsp3) is 0.320. The third-order valence-electron chi connectivity index (χ3n) is 6.18. The van der Waals surface area contributed by atoms with Gasteiger partial charge in [-0.3, -0.25) is 13.9 Å². The van der Waals surface area contributed by atoms with Crippen LogP contribution in [0.1, 0.15) is 24.4 Å². The highest BCUT2D eigenvalue weighted by Gasteiger charge is 2.28. The zero-order chi connectivity index (χ0) is 23.9. The summed E-state index contributed by atoms with van der Waals surface area (Å²) in [5, 5.41) is 4.51. The van der Waals surface area contributed by atoms with E-state index in [1.807, 2.05) is 51.8 Å². The maximum Gasteiger partial charge on any atom is 0.389 e. The number of likely N-dealkylation sites (N-methyl/N-ethyl adjacent to an activating group) is 1. The van der Waals surface area contributed by atoms with Crippen molar-refractivity contribution in [3.63, 3.8) is 0 Å². The number of alkyl halides is 3. The Hall–Kier alpha value is -3.46. The summed E-state index contributed by atoms with van der Waals surface area (Å²) >= 11 is 0. The molecule has 0 amide bonds. The van der Waals surface area contributed by atoms with Crippen LogP contribution in [-0.2, 0) is 11.2 Å². The van der Waals surface area contributed by atoms with E-state index in [4.69, 9.17) is 0 Å². The predicted molar refractivity (Wildman–Crippen MR) is 122 cm³/mol. The second-order valence-corrected chi connectivity index (χ2v) is 8.90. The molecule has 3 aromatic heterocycles. The van der Waals surface area contributed by atoms with Crippen LogP contribution in [0.3, 0.4) is 0 Å². The average molecular weight is 467 g/mol. The van der Waals surface area contributed by atoms with Gasteiger partial charge in [-0.1, -0.05) is 18.2 Å². The quantitative estimate of drug-likeness (QED) is 0.392. The van der Waals surface area contributed by atoms with Crippen LogP contribution in [-0.4, -0.2) is 56.2 Å². The topological polar surface area (TPSA) is 55.4 Å². The maximum absolute atomic E-state index is 12.4. The van der Waals surface area contributed by atoms with Gasteiger partial charge in [-0.2, -0.15) is 18.3 Å². The third kappa shape index (κ3) is 4.75. The molecule has 0 aliphatic carbocycles. The molecule has 0 saturated carbocycles. The Bertz CT molecular complexity index is 1330. The van der Waals surface area contributed by atoms with Gasteiger partial charge >= 0.3 is 6.18 Å². The zero-order valence-electron chi connectivity index (χ0n) is 18.7. The molecule has 1 aliphatic rings. The molecule has 0 spiro atoms. The number of fused-ring (bicyclic) bond motifs is 1. The molecular weight excluding hydrogens is 443 g/mol. The van der Waals surface area contributed by atoms with Crippen LogP contribution in [0, 0.1) is 0 Å². The first-order chi connectivity index (χ1) is 16.2. The summed E-state index contributed by atoms with van der Waals surface area (Å²) < 4.78 is 41.1. The van der Waals surface area contributed by atoms with Crippen molar-refractivity contribution in [2.75, 3.05) is 20.1 Å². The Morgan fingerprint density at radius 2 is 1.91 bits per heavy atom. The van der Waals surface area contributed by atoms with Crippen molar-refractivity contribution in [3.8, 4) is 22.4 Å². The molecule has 0 atom stereocenters. The lowest BCUT2D eigenvalue weighted by Crippen LogP contribution is -2.45. The second kappa shape index (κ2) is 8.72. The first-order valence-electron chi connectivity index (χ1n) is 11.1. The molecule has 0 unspecified atom stereocenters. The molecule has 1 aromatic carbocycles. The SMILES string of the molecule is CN1CC(n2cc(-c3ccn4c(-c5cccc(CC(=O)CCC(F)(F)F)c5)cnc4c3)cn2)C1. The Balaban J connectivity index is 1.34. The minimum absolute atomic E-state index is 0.0222. The highest BCUT2D eigenvalue weighted by molar-refractivity contribution is 5.81. The Morgan fingerprint density at radius 1 is 1.09 bits per heavy atom. The number of pyridine rings is 1. The number of aromatic nitrogens is 4. The summed E-state index contributed by atoms with van der Waals surface area (Å²) in [7, 11) is 2.09. The van der Waals surface area contributed by atoms with Crippen LogP contribution in [0.25, 0.3) is 28.0 Å². The minimum Gasteiger partial charge on any atom is -0.302 e. The van der Waals surface area contributed by atoms with Crippen LogP contribution < -0.4 is 0 Å². The van der Waals surface area contributed by atoms with Crippen molar-refractivity contribution in [1.29, 1.82) is 0 Å². The smallest absolute Gasteiger partial charge is 0.302 e. The van der Waals surface area contributed by atoms with Crippen molar-refractivity contribution in [1.82, 2.24) is 24.1 Å². The summed E-state index contributed by atoms with van der Waals surface area (Å²) in [6, 6.07) is 11.7. The van der Waals surface area contributed by atoms with Gasteiger partial charge in [0, 0.05) is 49.5 Å². The first kappa shape index (κ1) is 22.3. The van der Waals surface area contributed by atoms with Crippen LogP contribution in [0.2, 0.25) is 0 Å². The number of hydrogen-bond donors (Lipinski definition) is 0. The van der Waals surface area contributed by atoms with Crippen LogP contribution in [0.4, 0.5) is 13.2 Å². The van der Waals surface area contributed by atoms with Gasteiger partial charge in [0.05, 0.1) is 30.6 Å². The van der Waals surface area contributed by atoms with Crippen LogP contribution in [0.5, 0.6) is 0 Å². The highest BCUT2D eigenvalue weighted by atomic mass is 19.4. The molecule has 5 rings (SSSR count). The van der Waals surface area contributed by atoms with Gasteiger partial charge in [0.25, 0.3) is 0 Å². The largest absolute Gasteiger partial charge is 0.389 e. The van der Waals surface area contributed by atoms with E-state index in [1.165, 1.54) is 0 Å². The van der Waals surface area contributed by atoms with E-state index in [-0.39, 0.29) is 6.42 Å².